The highest BCUT2D eigenvalue weighted by molar-refractivity contribution is 5.78. The fourth-order valence-electron chi connectivity index (χ4n) is 3.92. The molecule has 1 amide bonds. The van der Waals surface area contributed by atoms with Gasteiger partial charge in [-0.05, 0) is 17.7 Å². The van der Waals surface area contributed by atoms with Gasteiger partial charge in [0, 0.05) is 45.6 Å². The molecule has 150 valence electrons. The summed E-state index contributed by atoms with van der Waals surface area (Å²) in [5, 5.41) is 3.40. The summed E-state index contributed by atoms with van der Waals surface area (Å²) in [5.41, 5.74) is 0.895. The molecule has 3 heterocycles. The summed E-state index contributed by atoms with van der Waals surface area (Å²) in [7, 11) is 1.98. The molecule has 2 atom stereocenters. The van der Waals surface area contributed by atoms with E-state index in [0.29, 0.717) is 26.2 Å². The van der Waals surface area contributed by atoms with E-state index >= 15 is 0 Å². The van der Waals surface area contributed by atoms with Crippen molar-refractivity contribution in [3.05, 3.63) is 53.9 Å². The minimum absolute atomic E-state index is 0.0756. The molecule has 0 spiro atoms. The molecule has 2 aromatic rings. The SMILES string of the molecule is Cn1ccnc1C1CNCCN1CC(=O)N1CCOC(c2ccc(F)cc2)C1. The van der Waals surface area contributed by atoms with Gasteiger partial charge >= 0.3 is 0 Å². The number of nitrogens with one attached hydrogen (secondary N) is 1. The van der Waals surface area contributed by atoms with Crippen LogP contribution in [-0.2, 0) is 16.6 Å². The molecule has 0 radical (unpaired) electrons. The van der Waals surface area contributed by atoms with E-state index in [9.17, 15) is 9.18 Å². The number of nitrogens with zero attached hydrogens (tertiary/aromatic N) is 4. The van der Waals surface area contributed by atoms with E-state index in [4.69, 9.17) is 4.74 Å². The molecular formula is C20H26FN5O2. The molecule has 2 fully saturated rings. The zero-order valence-corrected chi connectivity index (χ0v) is 16.1. The predicted octanol–water partition coefficient (Wildman–Crippen LogP) is 1.11. The zero-order valence-electron chi connectivity index (χ0n) is 16.1. The van der Waals surface area contributed by atoms with Gasteiger partial charge in [-0.25, -0.2) is 9.37 Å². The van der Waals surface area contributed by atoms with Crippen molar-refractivity contribution in [2.75, 3.05) is 45.9 Å². The fourth-order valence-corrected chi connectivity index (χ4v) is 3.92. The fraction of sp³-hybridized carbons (Fsp3) is 0.500. The number of aromatic nitrogens is 2. The van der Waals surface area contributed by atoms with Crippen LogP contribution in [0.1, 0.15) is 23.5 Å². The Balaban J connectivity index is 1.42. The number of morpholine rings is 1. The Labute approximate surface area is 164 Å². The molecule has 28 heavy (non-hydrogen) atoms. The van der Waals surface area contributed by atoms with Gasteiger partial charge in [-0.15, -0.1) is 0 Å². The number of piperazine rings is 1. The maximum atomic E-state index is 13.2. The molecule has 1 aromatic heterocycles. The smallest absolute Gasteiger partial charge is 0.236 e. The van der Waals surface area contributed by atoms with E-state index in [1.54, 1.807) is 18.3 Å². The monoisotopic (exact) mass is 387 g/mol. The van der Waals surface area contributed by atoms with E-state index in [2.05, 4.69) is 15.2 Å². The number of imidazole rings is 1. The molecule has 1 aromatic carbocycles. The number of ether oxygens (including phenoxy) is 1. The van der Waals surface area contributed by atoms with E-state index in [1.807, 2.05) is 22.7 Å². The third-order valence-electron chi connectivity index (χ3n) is 5.51. The lowest BCUT2D eigenvalue weighted by molar-refractivity contribution is -0.141. The summed E-state index contributed by atoms with van der Waals surface area (Å²) in [6.45, 7) is 4.34. The van der Waals surface area contributed by atoms with Crippen LogP contribution >= 0.6 is 0 Å². The minimum Gasteiger partial charge on any atom is -0.370 e. The number of carbonyl (C=O) groups is 1. The maximum absolute atomic E-state index is 13.2. The Morgan fingerprint density at radius 3 is 2.89 bits per heavy atom. The molecule has 2 aliphatic rings. The van der Waals surface area contributed by atoms with E-state index in [0.717, 1.165) is 31.0 Å². The van der Waals surface area contributed by atoms with Gasteiger partial charge in [-0.1, -0.05) is 12.1 Å². The molecule has 8 heteroatoms. The first kappa shape index (κ1) is 19.0. The quantitative estimate of drug-likeness (QED) is 0.852. The average Bonchev–Trinajstić information content (AvgIpc) is 3.15. The molecule has 0 saturated carbocycles. The highest BCUT2D eigenvalue weighted by atomic mass is 19.1. The van der Waals surface area contributed by atoms with E-state index in [1.165, 1.54) is 12.1 Å². The summed E-state index contributed by atoms with van der Waals surface area (Å²) in [5.74, 6) is 0.786. The summed E-state index contributed by atoms with van der Waals surface area (Å²) in [6.07, 6.45) is 3.50. The maximum Gasteiger partial charge on any atom is 0.236 e. The van der Waals surface area contributed by atoms with Gasteiger partial charge in [0.25, 0.3) is 0 Å². The van der Waals surface area contributed by atoms with Crippen molar-refractivity contribution in [3.8, 4) is 0 Å². The minimum atomic E-state index is -0.272. The van der Waals surface area contributed by atoms with Crippen molar-refractivity contribution in [2.45, 2.75) is 12.1 Å². The Morgan fingerprint density at radius 2 is 2.14 bits per heavy atom. The number of rotatable bonds is 4. The average molecular weight is 387 g/mol. The topological polar surface area (TPSA) is 62.6 Å². The van der Waals surface area contributed by atoms with E-state index in [-0.39, 0.29) is 23.9 Å². The zero-order chi connectivity index (χ0) is 19.5. The number of benzene rings is 1. The standard InChI is InChI=1S/C20H26FN5O2/c1-24-8-7-23-20(24)17-12-22-6-9-25(17)14-19(27)26-10-11-28-18(13-26)15-2-4-16(21)5-3-15/h2-5,7-8,17-18,22H,6,9-14H2,1H3. The normalized spacial score (nSPS) is 23.7. The van der Waals surface area contributed by atoms with Crippen LogP contribution in [0, 0.1) is 5.82 Å². The van der Waals surface area contributed by atoms with Crippen LogP contribution in [0.3, 0.4) is 0 Å². The molecule has 1 N–H and O–H groups in total. The van der Waals surface area contributed by atoms with Gasteiger partial charge in [0.05, 0.1) is 25.7 Å². The second-order valence-corrected chi connectivity index (χ2v) is 7.34. The summed E-state index contributed by atoms with van der Waals surface area (Å²) in [6, 6.07) is 6.38. The lowest BCUT2D eigenvalue weighted by atomic mass is 10.1. The van der Waals surface area contributed by atoms with Gasteiger partial charge < -0.3 is 19.5 Å². The second-order valence-electron chi connectivity index (χ2n) is 7.34. The first-order valence-corrected chi connectivity index (χ1v) is 9.68. The Morgan fingerprint density at radius 1 is 1.32 bits per heavy atom. The highest BCUT2D eigenvalue weighted by Gasteiger charge is 2.31. The Bertz CT molecular complexity index is 809. The van der Waals surface area contributed by atoms with Crippen LogP contribution in [0.25, 0.3) is 0 Å². The molecule has 2 saturated heterocycles. The van der Waals surface area contributed by atoms with Crippen molar-refractivity contribution in [1.82, 2.24) is 24.7 Å². The van der Waals surface area contributed by atoms with Crippen LogP contribution in [0.5, 0.6) is 0 Å². The highest BCUT2D eigenvalue weighted by Crippen LogP contribution is 2.24. The third-order valence-corrected chi connectivity index (χ3v) is 5.51. The molecular weight excluding hydrogens is 361 g/mol. The van der Waals surface area contributed by atoms with Gasteiger partial charge in [-0.3, -0.25) is 9.69 Å². The number of halogens is 1. The van der Waals surface area contributed by atoms with Crippen molar-refractivity contribution >= 4 is 5.91 Å². The Kier molecular flexibility index (Phi) is 5.70. The molecule has 7 nitrogen and oxygen atoms in total. The first-order chi connectivity index (χ1) is 13.6. The number of aryl methyl sites for hydroxylation is 1. The molecule has 2 aliphatic heterocycles. The Hall–Kier alpha value is -2.29. The van der Waals surface area contributed by atoms with Gasteiger partial charge in [0.1, 0.15) is 17.7 Å². The molecule has 2 unspecified atom stereocenters. The van der Waals surface area contributed by atoms with Crippen LogP contribution in [0.2, 0.25) is 0 Å². The van der Waals surface area contributed by atoms with Crippen molar-refractivity contribution in [3.63, 3.8) is 0 Å². The number of amides is 1. The number of hydrogen-bond donors (Lipinski definition) is 1. The summed E-state index contributed by atoms with van der Waals surface area (Å²) >= 11 is 0. The largest absolute Gasteiger partial charge is 0.370 e. The molecule has 4 rings (SSSR count). The predicted molar refractivity (Wildman–Crippen MR) is 102 cm³/mol. The van der Waals surface area contributed by atoms with Crippen LogP contribution < -0.4 is 5.32 Å². The summed E-state index contributed by atoms with van der Waals surface area (Å²) in [4.78, 5) is 21.5. The van der Waals surface area contributed by atoms with Crippen LogP contribution in [0.4, 0.5) is 4.39 Å². The summed E-state index contributed by atoms with van der Waals surface area (Å²) < 4.78 is 21.0. The van der Waals surface area contributed by atoms with Crippen LogP contribution in [-0.4, -0.2) is 71.1 Å². The number of hydrogen-bond acceptors (Lipinski definition) is 5. The molecule has 0 aliphatic carbocycles. The third kappa shape index (κ3) is 4.09. The lowest BCUT2D eigenvalue weighted by Crippen LogP contribution is -2.52. The van der Waals surface area contributed by atoms with E-state index < -0.39 is 0 Å². The second kappa shape index (κ2) is 8.38. The van der Waals surface area contributed by atoms with Crippen molar-refractivity contribution < 1.29 is 13.9 Å². The van der Waals surface area contributed by atoms with Crippen molar-refractivity contribution in [1.29, 1.82) is 0 Å². The first-order valence-electron chi connectivity index (χ1n) is 9.68. The lowest BCUT2D eigenvalue weighted by Gasteiger charge is -2.38. The molecule has 0 bridgehead atoms. The van der Waals surface area contributed by atoms with Crippen LogP contribution in [0.15, 0.2) is 36.7 Å². The van der Waals surface area contributed by atoms with Crippen molar-refractivity contribution in [2.24, 2.45) is 7.05 Å². The van der Waals surface area contributed by atoms with Gasteiger partial charge in [-0.2, -0.15) is 0 Å². The van der Waals surface area contributed by atoms with Gasteiger partial charge in [0.2, 0.25) is 5.91 Å². The number of carbonyl (C=O) groups excluding carboxylic acids is 1. The van der Waals surface area contributed by atoms with Gasteiger partial charge in [0.15, 0.2) is 0 Å².